The van der Waals surface area contributed by atoms with E-state index in [0.717, 1.165) is 38.5 Å². The maximum Gasteiger partial charge on any atom is 0.407 e. The van der Waals surface area contributed by atoms with Crippen LogP contribution >= 0.6 is 0 Å². The van der Waals surface area contributed by atoms with Crippen LogP contribution in [-0.4, -0.2) is 34.5 Å². The first-order valence-corrected chi connectivity index (χ1v) is 11.0. The number of likely N-dealkylation sites (tertiary alicyclic amines) is 1. The fourth-order valence-corrected chi connectivity index (χ4v) is 3.61. The Kier molecular flexibility index (Phi) is 13.4. The number of ketones is 1. The van der Waals surface area contributed by atoms with Crippen LogP contribution in [-0.2, 0) is 4.79 Å². The number of Topliss-reactive ketones (excluding diaryl/α,β-unsaturated/α-hetero) is 1. The van der Waals surface area contributed by atoms with Gasteiger partial charge in [0.1, 0.15) is 0 Å². The maximum absolute atomic E-state index is 12.2. The van der Waals surface area contributed by atoms with Crippen LogP contribution in [0.3, 0.4) is 0 Å². The minimum absolute atomic E-state index is 0.112. The van der Waals surface area contributed by atoms with Crippen molar-refractivity contribution in [2.24, 2.45) is 0 Å². The number of nitrogens with zero attached hydrogens (tertiary/aromatic N) is 1. The van der Waals surface area contributed by atoms with Crippen LogP contribution in [0.1, 0.15) is 96.8 Å². The van der Waals surface area contributed by atoms with Crippen LogP contribution in [0.15, 0.2) is 24.3 Å². The fraction of sp³-hybridized carbons (Fsp3) is 0.739. The fourth-order valence-electron chi connectivity index (χ4n) is 3.61. The molecule has 1 unspecified atom stereocenters. The highest BCUT2D eigenvalue weighted by atomic mass is 16.4. The number of carboxylic acid groups (broad SMARTS) is 1. The molecular formula is C23H39NO3. The third kappa shape index (κ3) is 11.0. The Morgan fingerprint density at radius 3 is 2.22 bits per heavy atom. The lowest BCUT2D eigenvalue weighted by Crippen LogP contribution is -2.39. The third-order valence-corrected chi connectivity index (χ3v) is 5.24. The van der Waals surface area contributed by atoms with E-state index in [-0.39, 0.29) is 11.8 Å². The molecule has 1 saturated heterocycles. The summed E-state index contributed by atoms with van der Waals surface area (Å²) in [5.41, 5.74) is 0. The summed E-state index contributed by atoms with van der Waals surface area (Å²) in [6, 6.07) is -0.381. The topological polar surface area (TPSA) is 57.6 Å². The van der Waals surface area contributed by atoms with Crippen molar-refractivity contribution < 1.29 is 14.7 Å². The number of rotatable bonds is 15. The van der Waals surface area contributed by atoms with Gasteiger partial charge in [-0.15, -0.1) is 0 Å². The highest BCUT2D eigenvalue weighted by Gasteiger charge is 2.33. The van der Waals surface area contributed by atoms with E-state index in [2.05, 4.69) is 31.2 Å². The molecule has 1 atom stereocenters. The van der Waals surface area contributed by atoms with Gasteiger partial charge in [0, 0.05) is 13.0 Å². The van der Waals surface area contributed by atoms with Crippen LogP contribution in [0.4, 0.5) is 4.79 Å². The monoisotopic (exact) mass is 377 g/mol. The quantitative estimate of drug-likeness (QED) is 0.261. The van der Waals surface area contributed by atoms with E-state index in [9.17, 15) is 9.59 Å². The Hall–Kier alpha value is -1.58. The van der Waals surface area contributed by atoms with E-state index in [1.165, 1.54) is 43.4 Å². The van der Waals surface area contributed by atoms with Crippen LogP contribution in [0.25, 0.3) is 0 Å². The minimum Gasteiger partial charge on any atom is -0.465 e. The van der Waals surface area contributed by atoms with E-state index >= 15 is 0 Å². The third-order valence-electron chi connectivity index (χ3n) is 5.24. The van der Waals surface area contributed by atoms with Crippen LogP contribution < -0.4 is 0 Å². The summed E-state index contributed by atoms with van der Waals surface area (Å²) in [7, 11) is 0. The molecule has 1 fully saturated rings. The van der Waals surface area contributed by atoms with E-state index in [4.69, 9.17) is 5.11 Å². The molecule has 0 radical (unpaired) electrons. The molecule has 1 heterocycles. The molecule has 0 aromatic rings. The van der Waals surface area contributed by atoms with Crippen molar-refractivity contribution in [1.82, 2.24) is 4.90 Å². The number of hydrogen-bond donors (Lipinski definition) is 1. The van der Waals surface area contributed by atoms with Gasteiger partial charge in [0.15, 0.2) is 5.78 Å². The molecular weight excluding hydrogens is 338 g/mol. The Labute approximate surface area is 165 Å². The molecule has 0 aromatic carbocycles. The van der Waals surface area contributed by atoms with Crippen molar-refractivity contribution in [3.05, 3.63) is 24.3 Å². The molecule has 1 N–H and O–H groups in total. The van der Waals surface area contributed by atoms with Crippen LogP contribution in [0.2, 0.25) is 0 Å². The average Bonchev–Trinajstić information content (AvgIpc) is 3.15. The van der Waals surface area contributed by atoms with Gasteiger partial charge in [-0.25, -0.2) is 4.79 Å². The normalized spacial score (nSPS) is 17.4. The second-order valence-electron chi connectivity index (χ2n) is 7.58. The number of carbonyl (C=O) groups excluding carboxylic acids is 1. The van der Waals surface area contributed by atoms with Crippen molar-refractivity contribution >= 4 is 11.9 Å². The zero-order valence-corrected chi connectivity index (χ0v) is 17.2. The average molecular weight is 378 g/mol. The zero-order valence-electron chi connectivity index (χ0n) is 17.2. The summed E-state index contributed by atoms with van der Waals surface area (Å²) in [6.45, 7) is 2.74. The summed E-state index contributed by atoms with van der Waals surface area (Å²) in [6.07, 6.45) is 23.0. The molecule has 0 aliphatic carbocycles. The van der Waals surface area contributed by atoms with Crippen molar-refractivity contribution in [2.45, 2.75) is 103 Å². The smallest absolute Gasteiger partial charge is 0.407 e. The molecule has 27 heavy (non-hydrogen) atoms. The number of amides is 1. The van der Waals surface area contributed by atoms with Crippen LogP contribution in [0.5, 0.6) is 0 Å². The predicted octanol–water partition coefficient (Wildman–Crippen LogP) is 6.51. The number of unbranched alkanes of at least 4 members (excludes halogenated alkanes) is 8. The van der Waals surface area contributed by atoms with E-state index in [0.29, 0.717) is 19.4 Å². The molecule has 1 rings (SSSR count). The maximum atomic E-state index is 12.2. The van der Waals surface area contributed by atoms with Gasteiger partial charge in [0.25, 0.3) is 0 Å². The van der Waals surface area contributed by atoms with Gasteiger partial charge in [-0.2, -0.15) is 0 Å². The molecule has 0 aromatic heterocycles. The number of carbonyl (C=O) groups is 2. The molecule has 1 amide bonds. The van der Waals surface area contributed by atoms with Crippen molar-refractivity contribution in [2.75, 3.05) is 6.54 Å². The highest BCUT2D eigenvalue weighted by molar-refractivity contribution is 5.87. The van der Waals surface area contributed by atoms with Crippen molar-refractivity contribution in [1.29, 1.82) is 0 Å². The SMILES string of the molecule is CCCCCC=CCC=CCCCCCCCC(=O)C1CCCN1C(=O)O. The van der Waals surface area contributed by atoms with Gasteiger partial charge >= 0.3 is 6.09 Å². The highest BCUT2D eigenvalue weighted by Crippen LogP contribution is 2.20. The van der Waals surface area contributed by atoms with Gasteiger partial charge in [-0.3, -0.25) is 9.69 Å². The van der Waals surface area contributed by atoms with Gasteiger partial charge in [0.2, 0.25) is 0 Å². The molecule has 0 spiro atoms. The Morgan fingerprint density at radius 1 is 0.926 bits per heavy atom. The van der Waals surface area contributed by atoms with E-state index in [1.54, 1.807) is 0 Å². The molecule has 0 bridgehead atoms. The van der Waals surface area contributed by atoms with Crippen LogP contribution in [0, 0.1) is 0 Å². The van der Waals surface area contributed by atoms with E-state index in [1.807, 2.05) is 0 Å². The lowest BCUT2D eigenvalue weighted by atomic mass is 10.0. The molecule has 0 saturated carbocycles. The zero-order chi connectivity index (χ0) is 19.7. The summed E-state index contributed by atoms with van der Waals surface area (Å²) in [4.78, 5) is 24.6. The van der Waals surface area contributed by atoms with Crippen molar-refractivity contribution in [3.63, 3.8) is 0 Å². The number of hydrogen-bond acceptors (Lipinski definition) is 2. The molecule has 1 aliphatic heterocycles. The van der Waals surface area contributed by atoms with Crippen molar-refractivity contribution in [3.8, 4) is 0 Å². The minimum atomic E-state index is -0.953. The first kappa shape index (κ1) is 23.5. The standard InChI is InChI=1S/C23H39NO3/c1-2-3-4-5-6-7-8-9-10-11-12-13-14-15-16-19-22(25)21-18-17-20-24(21)23(26)27/h6-7,9-10,21H,2-5,8,11-20H2,1H3,(H,26,27). The molecule has 4 heteroatoms. The van der Waals surface area contributed by atoms with E-state index < -0.39 is 6.09 Å². The summed E-state index contributed by atoms with van der Waals surface area (Å²) in [5.74, 6) is 0.112. The summed E-state index contributed by atoms with van der Waals surface area (Å²) in [5, 5.41) is 9.10. The largest absolute Gasteiger partial charge is 0.465 e. The second kappa shape index (κ2) is 15.5. The first-order valence-electron chi connectivity index (χ1n) is 11.0. The Morgan fingerprint density at radius 2 is 1.56 bits per heavy atom. The first-order chi connectivity index (χ1) is 13.2. The Balaban J connectivity index is 1.93. The lowest BCUT2D eigenvalue weighted by molar-refractivity contribution is -0.123. The van der Waals surface area contributed by atoms with Gasteiger partial charge in [-0.1, -0.05) is 63.3 Å². The molecule has 4 nitrogen and oxygen atoms in total. The lowest BCUT2D eigenvalue weighted by Gasteiger charge is -2.20. The Bertz CT molecular complexity index is 470. The van der Waals surface area contributed by atoms with Gasteiger partial charge < -0.3 is 5.11 Å². The van der Waals surface area contributed by atoms with Gasteiger partial charge in [-0.05, 0) is 51.4 Å². The molecule has 154 valence electrons. The summed E-state index contributed by atoms with van der Waals surface area (Å²) >= 11 is 0. The summed E-state index contributed by atoms with van der Waals surface area (Å²) < 4.78 is 0. The van der Waals surface area contributed by atoms with Gasteiger partial charge in [0.05, 0.1) is 6.04 Å². The second-order valence-corrected chi connectivity index (χ2v) is 7.58. The molecule has 1 aliphatic rings. The number of allylic oxidation sites excluding steroid dienone is 4. The predicted molar refractivity (Wildman–Crippen MR) is 112 cm³/mol.